The zero-order valence-corrected chi connectivity index (χ0v) is 56.0. The first-order chi connectivity index (χ1) is 42.4. The molecular formula is C84H83BN4O. The van der Waals surface area contributed by atoms with Crippen LogP contribution in [0, 0.1) is 0 Å². The average Bonchev–Trinajstić information content (AvgIpc) is 1.22. The van der Waals surface area contributed by atoms with Crippen molar-refractivity contribution in [2.45, 2.75) is 157 Å². The van der Waals surface area contributed by atoms with Crippen LogP contribution >= 0.6 is 0 Å². The van der Waals surface area contributed by atoms with Gasteiger partial charge in [0, 0.05) is 66.3 Å². The van der Waals surface area contributed by atoms with E-state index in [1.165, 1.54) is 128 Å². The Morgan fingerprint density at radius 3 is 1.39 bits per heavy atom. The second-order valence-corrected chi connectivity index (χ2v) is 32.8. The summed E-state index contributed by atoms with van der Waals surface area (Å²) < 4.78 is 11.9. The Morgan fingerprint density at radius 1 is 0.322 bits per heavy atom. The third-order valence-electron chi connectivity index (χ3n) is 20.5. The number of rotatable bonds is 3. The molecule has 10 aromatic carbocycles. The Bertz CT molecular complexity index is 5180. The van der Waals surface area contributed by atoms with Gasteiger partial charge in [-0.25, -0.2) is 0 Å². The van der Waals surface area contributed by atoms with Crippen molar-refractivity contribution in [3.63, 3.8) is 0 Å². The zero-order valence-electron chi connectivity index (χ0n) is 56.0. The van der Waals surface area contributed by atoms with Gasteiger partial charge in [-0.15, -0.1) is 0 Å². The predicted molar refractivity (Wildman–Crippen MR) is 388 cm³/mol. The molecule has 6 heteroatoms. The summed E-state index contributed by atoms with van der Waals surface area (Å²) in [6, 6.07) is 68.9. The van der Waals surface area contributed by atoms with Crippen LogP contribution in [0.5, 0.6) is 0 Å². The van der Waals surface area contributed by atoms with E-state index in [4.69, 9.17) is 4.42 Å². The van der Waals surface area contributed by atoms with Crippen LogP contribution in [-0.2, 0) is 32.5 Å². The van der Waals surface area contributed by atoms with Crippen molar-refractivity contribution in [2.75, 3.05) is 9.80 Å². The van der Waals surface area contributed by atoms with Crippen molar-refractivity contribution in [2.24, 2.45) is 0 Å². The molecule has 0 saturated heterocycles. The van der Waals surface area contributed by atoms with Gasteiger partial charge in [0.1, 0.15) is 11.2 Å². The van der Waals surface area contributed by atoms with Crippen molar-refractivity contribution < 1.29 is 4.42 Å². The first-order valence-corrected chi connectivity index (χ1v) is 32.8. The number of furan rings is 1. The minimum Gasteiger partial charge on any atom is -0.455 e. The lowest BCUT2D eigenvalue weighted by atomic mass is 9.33. The lowest BCUT2D eigenvalue weighted by Gasteiger charge is -2.47. The molecule has 0 aliphatic carbocycles. The quantitative estimate of drug-likeness (QED) is 0.165. The predicted octanol–water partition coefficient (Wildman–Crippen LogP) is 21.6. The molecule has 0 saturated carbocycles. The van der Waals surface area contributed by atoms with Crippen LogP contribution in [0.2, 0.25) is 0 Å². The van der Waals surface area contributed by atoms with E-state index in [2.05, 4.69) is 319 Å². The first kappa shape index (κ1) is 56.5. The number of fused-ring (bicyclic) bond motifs is 15. The average molecular weight is 1180 g/mol. The van der Waals surface area contributed by atoms with E-state index in [0.717, 1.165) is 44.4 Å². The summed E-state index contributed by atoms with van der Waals surface area (Å²) in [7, 11) is 0. The molecule has 448 valence electrons. The van der Waals surface area contributed by atoms with Gasteiger partial charge in [0.15, 0.2) is 0 Å². The van der Waals surface area contributed by atoms with Crippen molar-refractivity contribution in [1.29, 1.82) is 0 Å². The number of aromatic nitrogens is 2. The summed E-state index contributed by atoms with van der Waals surface area (Å²) in [6.07, 6.45) is 0. The number of hydrogen-bond donors (Lipinski definition) is 0. The highest BCUT2D eigenvalue weighted by Gasteiger charge is 2.48. The Kier molecular flexibility index (Phi) is 11.6. The largest absolute Gasteiger partial charge is 0.455 e. The van der Waals surface area contributed by atoms with Crippen LogP contribution in [0.15, 0.2) is 180 Å². The molecule has 0 bridgehead atoms. The van der Waals surface area contributed by atoms with Gasteiger partial charge in [-0.05, 0) is 185 Å². The summed E-state index contributed by atoms with van der Waals surface area (Å²) in [5.41, 5.74) is 30.0. The van der Waals surface area contributed by atoms with Gasteiger partial charge < -0.3 is 23.4 Å². The fourth-order valence-corrected chi connectivity index (χ4v) is 15.2. The molecule has 16 rings (SSSR count). The Balaban J connectivity index is 1.02. The molecule has 0 N–H and O–H groups in total. The molecule has 0 amide bonds. The van der Waals surface area contributed by atoms with Gasteiger partial charge in [0.05, 0.1) is 39.1 Å². The van der Waals surface area contributed by atoms with Crippen molar-refractivity contribution >= 4 is 123 Å². The summed E-state index contributed by atoms with van der Waals surface area (Å²) in [4.78, 5) is 5.36. The summed E-state index contributed by atoms with van der Waals surface area (Å²) in [6.45, 7) is 42.4. The van der Waals surface area contributed by atoms with Crippen molar-refractivity contribution in [3.05, 3.63) is 209 Å². The van der Waals surface area contributed by atoms with E-state index in [9.17, 15) is 0 Å². The van der Waals surface area contributed by atoms with Crippen LogP contribution in [0.25, 0.3) is 88.1 Å². The molecule has 13 aromatic rings. The van der Waals surface area contributed by atoms with Gasteiger partial charge in [0.2, 0.25) is 0 Å². The van der Waals surface area contributed by atoms with Gasteiger partial charge in [-0.2, -0.15) is 0 Å². The highest BCUT2D eigenvalue weighted by Crippen LogP contribution is 2.56. The highest BCUT2D eigenvalue weighted by atomic mass is 16.3. The summed E-state index contributed by atoms with van der Waals surface area (Å²) in [5.74, 6) is 0. The Morgan fingerprint density at radius 2 is 0.800 bits per heavy atom. The van der Waals surface area contributed by atoms with Crippen LogP contribution in [0.3, 0.4) is 0 Å². The Hall–Kier alpha value is -8.74. The lowest BCUT2D eigenvalue weighted by Crippen LogP contribution is -2.62. The molecule has 5 nitrogen and oxygen atoms in total. The van der Waals surface area contributed by atoms with E-state index in [0.29, 0.717) is 0 Å². The second kappa shape index (κ2) is 18.5. The van der Waals surface area contributed by atoms with E-state index in [-0.39, 0.29) is 39.2 Å². The standard InChI is InChI=1S/C84H83BN4O/c1-79(2,3)49-28-35-66-60(38-49)61-39-50(80(4,5)6)29-36-67(61)87(66)56-33-34-64-69(47-56)86(55-31-26-48(27-32-55)57-23-21-24-59-58-22-19-20-25-74(58)90-78(57)59)70-43-54(84(16,17)18)44-71-75(70)85(64)65-42-53(83(13,14)15)46-73-77(65)89(71)72-45-52(82(10,11)12)41-63-62-40-51(81(7,8)9)30-37-68(62)88(73)76(63)72/h19-47H,1-18H3. The maximum Gasteiger partial charge on any atom is 0.252 e. The lowest BCUT2D eigenvalue weighted by molar-refractivity contribution is 0.589. The molecule has 0 atom stereocenters. The molecule has 0 unspecified atom stereocenters. The highest BCUT2D eigenvalue weighted by molar-refractivity contribution is 7.00. The third kappa shape index (κ3) is 8.27. The fraction of sp³-hybridized carbons (Fsp3) is 0.286. The van der Waals surface area contributed by atoms with Crippen LogP contribution < -0.4 is 26.2 Å². The molecule has 90 heavy (non-hydrogen) atoms. The number of benzene rings is 10. The third-order valence-corrected chi connectivity index (χ3v) is 20.5. The topological polar surface area (TPSA) is 29.5 Å². The van der Waals surface area contributed by atoms with E-state index < -0.39 is 0 Å². The number of nitrogens with zero attached hydrogens (tertiary/aromatic N) is 4. The van der Waals surface area contributed by atoms with Crippen LogP contribution in [0.1, 0.15) is 158 Å². The molecule has 6 heterocycles. The molecule has 0 spiro atoms. The molecule has 3 aliphatic heterocycles. The van der Waals surface area contributed by atoms with Gasteiger partial charge >= 0.3 is 0 Å². The van der Waals surface area contributed by atoms with Gasteiger partial charge in [-0.1, -0.05) is 203 Å². The van der Waals surface area contributed by atoms with Crippen LogP contribution in [-0.4, -0.2) is 15.8 Å². The number of para-hydroxylation sites is 2. The second-order valence-electron chi connectivity index (χ2n) is 32.8. The number of hydrogen-bond acceptors (Lipinski definition) is 3. The molecule has 3 aliphatic rings. The maximum absolute atomic E-state index is 6.70. The minimum atomic E-state index is -0.208. The summed E-state index contributed by atoms with van der Waals surface area (Å²) in [5, 5.41) is 7.45. The number of anilines is 6. The SMILES string of the molecule is CC(C)(C)c1cc2c3c(c1)N1c4c(cc(C(C)(C)C)cc4-n4c5ccc(C(C)(C)C)cc5c5cc(C(C)(C)C)cc1c54)B3c1ccc(-n3c4ccc(C(C)(C)C)cc4c4cc(C(C)(C)C)ccc43)cc1N2c1ccc(-c2cccc3c2oc2ccccc23)cc1. The minimum absolute atomic E-state index is 0.0187. The maximum atomic E-state index is 6.70. The van der Waals surface area contributed by atoms with Crippen LogP contribution in [0.4, 0.5) is 34.1 Å². The zero-order chi connectivity index (χ0) is 63.0. The normalized spacial score (nSPS) is 14.3. The summed E-state index contributed by atoms with van der Waals surface area (Å²) >= 11 is 0. The fourth-order valence-electron chi connectivity index (χ4n) is 15.2. The molecule has 0 fully saturated rings. The van der Waals surface area contributed by atoms with E-state index in [1.54, 1.807) is 0 Å². The molecule has 0 radical (unpaired) electrons. The van der Waals surface area contributed by atoms with E-state index >= 15 is 0 Å². The van der Waals surface area contributed by atoms with Gasteiger partial charge in [0.25, 0.3) is 6.71 Å². The van der Waals surface area contributed by atoms with E-state index in [1.807, 2.05) is 0 Å². The van der Waals surface area contributed by atoms with Gasteiger partial charge in [-0.3, -0.25) is 0 Å². The van der Waals surface area contributed by atoms with Crippen molar-refractivity contribution in [1.82, 2.24) is 9.13 Å². The molecule has 3 aromatic heterocycles. The van der Waals surface area contributed by atoms with Crippen molar-refractivity contribution in [3.8, 4) is 22.5 Å². The smallest absolute Gasteiger partial charge is 0.252 e. The Labute approximate surface area is 532 Å². The monoisotopic (exact) mass is 1170 g/mol. The molecular weight excluding hydrogens is 1090 g/mol. The first-order valence-electron chi connectivity index (χ1n) is 32.8.